The summed E-state index contributed by atoms with van der Waals surface area (Å²) in [7, 11) is 4.32. The SMILES string of the molecule is CN([O-])NC(=O)N(C)C. The second-order valence-corrected chi connectivity index (χ2v) is 1.81. The molecule has 0 aromatic heterocycles. The van der Waals surface area contributed by atoms with Gasteiger partial charge in [-0.25, -0.2) is 4.79 Å². The summed E-state index contributed by atoms with van der Waals surface area (Å²) in [6, 6.07) is -0.424. The number of hydrogen-bond acceptors (Lipinski definition) is 3. The lowest BCUT2D eigenvalue weighted by Gasteiger charge is -2.24. The van der Waals surface area contributed by atoms with Gasteiger partial charge in [0.05, 0.1) is 0 Å². The molecule has 5 nitrogen and oxygen atoms in total. The fourth-order valence-electron chi connectivity index (χ4n) is 0.235. The lowest BCUT2D eigenvalue weighted by molar-refractivity contribution is 0.195. The number of rotatable bonds is 1. The standard InChI is InChI=1S/C4H10N3O2/c1-6(2)4(8)5-7(3)9/h1-3H3,(H,5,8)/q-1. The Kier molecular flexibility index (Phi) is 2.97. The Morgan fingerprint density at radius 2 is 1.89 bits per heavy atom. The van der Waals surface area contributed by atoms with Gasteiger partial charge in [0.25, 0.3) is 0 Å². The molecule has 0 rings (SSSR count). The van der Waals surface area contributed by atoms with Crippen molar-refractivity contribution in [2.75, 3.05) is 21.1 Å². The summed E-state index contributed by atoms with van der Waals surface area (Å²) < 4.78 is 0. The molecule has 0 aliphatic carbocycles. The minimum absolute atomic E-state index is 0.350. The molecule has 0 aromatic rings. The van der Waals surface area contributed by atoms with E-state index >= 15 is 0 Å². The molecule has 5 heteroatoms. The Balaban J connectivity index is 3.51. The maximum Gasteiger partial charge on any atom is 0.330 e. The quantitative estimate of drug-likeness (QED) is 0.494. The maximum absolute atomic E-state index is 10.5. The number of hydroxylamine groups is 1. The third-order valence-corrected chi connectivity index (χ3v) is 0.659. The zero-order chi connectivity index (χ0) is 7.44. The molecule has 0 saturated heterocycles. The van der Waals surface area contributed by atoms with Crippen LogP contribution in [-0.2, 0) is 0 Å². The molecule has 0 aromatic carbocycles. The lowest BCUT2D eigenvalue weighted by Crippen LogP contribution is -2.41. The van der Waals surface area contributed by atoms with Crippen molar-refractivity contribution >= 4 is 6.03 Å². The number of hydrogen-bond donors (Lipinski definition) is 1. The van der Waals surface area contributed by atoms with Crippen LogP contribution >= 0.6 is 0 Å². The highest BCUT2D eigenvalue weighted by Gasteiger charge is 1.98. The van der Waals surface area contributed by atoms with Crippen LogP contribution in [0.4, 0.5) is 4.79 Å². The molecule has 2 amide bonds. The molecule has 0 aliphatic heterocycles. The molecule has 0 aliphatic rings. The predicted molar refractivity (Wildman–Crippen MR) is 33.3 cm³/mol. The number of carbonyl (C=O) groups excluding carboxylic acids is 1. The van der Waals surface area contributed by atoms with Crippen molar-refractivity contribution in [1.29, 1.82) is 0 Å². The van der Waals surface area contributed by atoms with Crippen molar-refractivity contribution in [3.05, 3.63) is 5.21 Å². The monoisotopic (exact) mass is 132 g/mol. The Morgan fingerprint density at radius 1 is 1.44 bits per heavy atom. The summed E-state index contributed by atoms with van der Waals surface area (Å²) in [6.45, 7) is 0. The van der Waals surface area contributed by atoms with Crippen LogP contribution in [0.2, 0.25) is 0 Å². The molecule has 0 fully saturated rings. The largest absolute Gasteiger partial charge is 0.768 e. The number of amides is 2. The number of nitrogens with zero attached hydrogens (tertiary/aromatic N) is 2. The van der Waals surface area contributed by atoms with Crippen molar-refractivity contribution in [2.24, 2.45) is 0 Å². The van der Waals surface area contributed by atoms with E-state index in [4.69, 9.17) is 0 Å². The molecule has 0 radical (unpaired) electrons. The molecule has 0 bridgehead atoms. The molecule has 0 unspecified atom stereocenters. The third kappa shape index (κ3) is 3.75. The molecule has 9 heavy (non-hydrogen) atoms. The fourth-order valence-corrected chi connectivity index (χ4v) is 0.235. The van der Waals surface area contributed by atoms with Crippen LogP contribution in [0.3, 0.4) is 0 Å². The first-order chi connectivity index (χ1) is 4.04. The second-order valence-electron chi connectivity index (χ2n) is 1.81. The molecule has 54 valence electrons. The maximum atomic E-state index is 10.5. The first-order valence-electron chi connectivity index (χ1n) is 2.43. The van der Waals surface area contributed by atoms with Gasteiger partial charge in [0.1, 0.15) is 0 Å². The zero-order valence-electron chi connectivity index (χ0n) is 5.71. The topological polar surface area (TPSA) is 58.6 Å². The number of hydrazine groups is 1. The average Bonchev–Trinajstić information content (AvgIpc) is 1.63. The van der Waals surface area contributed by atoms with E-state index in [9.17, 15) is 10.0 Å². The fraction of sp³-hybridized carbons (Fsp3) is 0.750. The highest BCUT2D eigenvalue weighted by molar-refractivity contribution is 5.72. The van der Waals surface area contributed by atoms with Gasteiger partial charge in [0.15, 0.2) is 0 Å². The van der Waals surface area contributed by atoms with E-state index in [1.807, 2.05) is 5.43 Å². The summed E-state index contributed by atoms with van der Waals surface area (Å²) in [5.41, 5.74) is 2.01. The Labute approximate surface area is 53.8 Å². The van der Waals surface area contributed by atoms with Crippen molar-refractivity contribution in [3.63, 3.8) is 0 Å². The van der Waals surface area contributed by atoms with Gasteiger partial charge < -0.3 is 10.1 Å². The van der Waals surface area contributed by atoms with Gasteiger partial charge in [-0.3, -0.25) is 10.6 Å². The smallest absolute Gasteiger partial charge is 0.330 e. The van der Waals surface area contributed by atoms with Gasteiger partial charge in [-0.2, -0.15) is 0 Å². The minimum Gasteiger partial charge on any atom is -0.768 e. The Morgan fingerprint density at radius 3 is 2.00 bits per heavy atom. The van der Waals surface area contributed by atoms with E-state index in [1.165, 1.54) is 11.9 Å². The molecule has 0 atom stereocenters. The van der Waals surface area contributed by atoms with Crippen LogP contribution in [0.15, 0.2) is 0 Å². The molecular weight excluding hydrogens is 122 g/mol. The van der Waals surface area contributed by atoms with E-state index in [2.05, 4.69) is 0 Å². The van der Waals surface area contributed by atoms with Gasteiger partial charge in [0.2, 0.25) is 0 Å². The van der Waals surface area contributed by atoms with Gasteiger partial charge in [-0.15, -0.1) is 0 Å². The van der Waals surface area contributed by atoms with Gasteiger partial charge in [-0.1, -0.05) is 0 Å². The van der Waals surface area contributed by atoms with Crippen molar-refractivity contribution in [2.45, 2.75) is 0 Å². The first-order valence-corrected chi connectivity index (χ1v) is 2.43. The zero-order valence-corrected chi connectivity index (χ0v) is 5.71. The van der Waals surface area contributed by atoms with Crippen molar-refractivity contribution in [3.8, 4) is 0 Å². The predicted octanol–water partition coefficient (Wildman–Crippen LogP) is -0.398. The van der Waals surface area contributed by atoms with Gasteiger partial charge in [0, 0.05) is 14.1 Å². The molecular formula is C4H10N3O2-. The Bertz CT molecular complexity index is 102. The normalized spacial score (nSPS) is 9.44. The lowest BCUT2D eigenvalue weighted by atomic mass is 10.8. The Hall–Kier alpha value is -0.810. The summed E-state index contributed by atoms with van der Waals surface area (Å²) in [4.78, 5) is 11.8. The number of carbonyl (C=O) groups is 1. The summed E-state index contributed by atoms with van der Waals surface area (Å²) >= 11 is 0. The van der Waals surface area contributed by atoms with Crippen LogP contribution in [0, 0.1) is 5.21 Å². The molecule has 1 N–H and O–H groups in total. The summed E-state index contributed by atoms with van der Waals surface area (Å²) in [5, 5.41) is 10.5. The summed E-state index contributed by atoms with van der Waals surface area (Å²) in [5.74, 6) is 0. The number of nitrogens with one attached hydrogen (secondary N) is 1. The number of urea groups is 1. The highest BCUT2D eigenvalue weighted by Crippen LogP contribution is 1.76. The summed E-state index contributed by atoms with van der Waals surface area (Å²) in [6.07, 6.45) is 0. The van der Waals surface area contributed by atoms with E-state index < -0.39 is 6.03 Å². The van der Waals surface area contributed by atoms with Crippen LogP contribution in [0.5, 0.6) is 0 Å². The van der Waals surface area contributed by atoms with Crippen molar-refractivity contribution < 1.29 is 4.79 Å². The molecule has 0 heterocycles. The van der Waals surface area contributed by atoms with Gasteiger partial charge in [-0.05, 0) is 7.05 Å². The van der Waals surface area contributed by atoms with Crippen molar-refractivity contribution in [1.82, 2.24) is 15.5 Å². The third-order valence-electron chi connectivity index (χ3n) is 0.659. The molecule has 0 spiro atoms. The first kappa shape index (κ1) is 8.19. The van der Waals surface area contributed by atoms with Crippen LogP contribution in [0.25, 0.3) is 0 Å². The van der Waals surface area contributed by atoms with E-state index in [0.29, 0.717) is 5.17 Å². The van der Waals surface area contributed by atoms with E-state index in [1.54, 1.807) is 14.1 Å². The van der Waals surface area contributed by atoms with Crippen LogP contribution in [0.1, 0.15) is 0 Å². The van der Waals surface area contributed by atoms with Crippen LogP contribution < -0.4 is 5.43 Å². The van der Waals surface area contributed by atoms with Gasteiger partial charge >= 0.3 is 6.03 Å². The van der Waals surface area contributed by atoms with E-state index in [-0.39, 0.29) is 0 Å². The second kappa shape index (κ2) is 3.26. The minimum atomic E-state index is -0.424. The van der Waals surface area contributed by atoms with E-state index in [0.717, 1.165) is 0 Å². The average molecular weight is 132 g/mol. The highest BCUT2D eigenvalue weighted by atomic mass is 16.5. The molecule has 0 saturated carbocycles. The van der Waals surface area contributed by atoms with Crippen LogP contribution in [-0.4, -0.2) is 37.2 Å².